The Morgan fingerprint density at radius 1 is 1.35 bits per heavy atom. The van der Waals surface area contributed by atoms with Crippen molar-refractivity contribution in [2.75, 3.05) is 0 Å². The number of benzene rings is 1. The van der Waals surface area contributed by atoms with E-state index in [9.17, 15) is 14.9 Å². The molecular weight excluding hydrogens is 256 g/mol. The maximum absolute atomic E-state index is 12.3. The average molecular weight is 276 g/mol. The van der Waals surface area contributed by atoms with Crippen molar-refractivity contribution in [3.8, 4) is 0 Å². The number of hydrogen-bond acceptors (Lipinski definition) is 3. The van der Waals surface area contributed by atoms with Crippen LogP contribution in [0, 0.1) is 23.0 Å². The van der Waals surface area contributed by atoms with Crippen molar-refractivity contribution < 1.29 is 9.72 Å². The maximum atomic E-state index is 12.3. The first-order valence-electron chi connectivity index (χ1n) is 7.05. The summed E-state index contributed by atoms with van der Waals surface area (Å²) in [4.78, 5) is 22.8. The third kappa shape index (κ3) is 2.98. The van der Waals surface area contributed by atoms with Crippen molar-refractivity contribution in [1.82, 2.24) is 5.32 Å². The van der Waals surface area contributed by atoms with E-state index in [-0.39, 0.29) is 17.6 Å². The van der Waals surface area contributed by atoms with Gasteiger partial charge in [0.2, 0.25) is 0 Å². The zero-order valence-electron chi connectivity index (χ0n) is 11.9. The lowest BCUT2D eigenvalue weighted by Gasteiger charge is -2.29. The summed E-state index contributed by atoms with van der Waals surface area (Å²) < 4.78 is 0. The van der Waals surface area contributed by atoms with Gasteiger partial charge in [-0.25, -0.2) is 0 Å². The van der Waals surface area contributed by atoms with Crippen LogP contribution in [0.2, 0.25) is 0 Å². The van der Waals surface area contributed by atoms with Gasteiger partial charge < -0.3 is 5.32 Å². The van der Waals surface area contributed by atoms with Gasteiger partial charge >= 0.3 is 0 Å². The number of hydrogen-bond donors (Lipinski definition) is 1. The number of rotatable bonds is 3. The molecule has 1 N–H and O–H groups in total. The Hall–Kier alpha value is -1.91. The summed E-state index contributed by atoms with van der Waals surface area (Å²) in [6, 6.07) is 4.81. The molecule has 0 saturated heterocycles. The Labute approximate surface area is 118 Å². The second kappa shape index (κ2) is 6.03. The molecule has 0 bridgehead atoms. The molecule has 0 aliphatic heterocycles. The molecule has 0 unspecified atom stereocenters. The van der Waals surface area contributed by atoms with E-state index in [1.807, 2.05) is 0 Å². The van der Waals surface area contributed by atoms with Crippen LogP contribution >= 0.6 is 0 Å². The van der Waals surface area contributed by atoms with Crippen LogP contribution in [0.15, 0.2) is 18.2 Å². The third-order valence-corrected chi connectivity index (χ3v) is 4.17. The highest BCUT2D eigenvalue weighted by Gasteiger charge is 2.25. The van der Waals surface area contributed by atoms with Crippen molar-refractivity contribution in [2.45, 2.75) is 45.6 Å². The highest BCUT2D eigenvalue weighted by atomic mass is 16.6. The number of nitrogens with zero attached hydrogens (tertiary/aromatic N) is 1. The molecule has 2 atom stereocenters. The Kier molecular flexibility index (Phi) is 4.37. The zero-order chi connectivity index (χ0) is 14.7. The monoisotopic (exact) mass is 276 g/mol. The van der Waals surface area contributed by atoms with Gasteiger partial charge in [-0.2, -0.15) is 0 Å². The smallest absolute Gasteiger partial charge is 0.273 e. The summed E-state index contributed by atoms with van der Waals surface area (Å²) >= 11 is 0. The normalized spacial score (nSPS) is 22.3. The van der Waals surface area contributed by atoms with Crippen LogP contribution in [0.5, 0.6) is 0 Å². The van der Waals surface area contributed by atoms with E-state index >= 15 is 0 Å². The standard InChI is InChI=1S/C15H20N2O3/c1-10-6-3-4-8-13(10)16-15(18)12-7-5-9-14(11(12)2)17(19)20/h5,7,9-10,13H,3-4,6,8H2,1-2H3,(H,16,18)/t10-,13+/m0/s1. The number of nitro benzene ring substituents is 1. The fourth-order valence-electron chi connectivity index (χ4n) is 2.84. The van der Waals surface area contributed by atoms with Gasteiger partial charge in [0, 0.05) is 23.2 Å². The molecule has 20 heavy (non-hydrogen) atoms. The van der Waals surface area contributed by atoms with Crippen LogP contribution in [0.25, 0.3) is 0 Å². The predicted octanol–water partition coefficient (Wildman–Crippen LogP) is 3.21. The maximum Gasteiger partial charge on any atom is 0.273 e. The van der Waals surface area contributed by atoms with E-state index in [1.165, 1.54) is 12.5 Å². The summed E-state index contributed by atoms with van der Waals surface area (Å²) in [6.45, 7) is 3.77. The lowest BCUT2D eigenvalue weighted by molar-refractivity contribution is -0.385. The van der Waals surface area contributed by atoms with Crippen molar-refractivity contribution in [3.05, 3.63) is 39.4 Å². The second-order valence-electron chi connectivity index (χ2n) is 5.55. The molecule has 0 radical (unpaired) electrons. The van der Waals surface area contributed by atoms with Gasteiger partial charge in [0.05, 0.1) is 4.92 Å². The van der Waals surface area contributed by atoms with Gasteiger partial charge in [0.25, 0.3) is 11.6 Å². The molecule has 5 nitrogen and oxygen atoms in total. The minimum atomic E-state index is -0.449. The molecule has 2 rings (SSSR count). The van der Waals surface area contributed by atoms with Crippen LogP contribution in [0.4, 0.5) is 5.69 Å². The van der Waals surface area contributed by atoms with Crippen LogP contribution in [0.3, 0.4) is 0 Å². The Balaban J connectivity index is 2.17. The van der Waals surface area contributed by atoms with Gasteiger partial charge in [-0.15, -0.1) is 0 Å². The molecule has 0 heterocycles. The van der Waals surface area contributed by atoms with E-state index in [1.54, 1.807) is 19.1 Å². The first-order valence-corrected chi connectivity index (χ1v) is 7.05. The van der Waals surface area contributed by atoms with Crippen LogP contribution in [-0.2, 0) is 0 Å². The number of amides is 1. The van der Waals surface area contributed by atoms with Crippen molar-refractivity contribution in [3.63, 3.8) is 0 Å². The first kappa shape index (κ1) is 14.5. The van der Waals surface area contributed by atoms with Crippen LogP contribution in [-0.4, -0.2) is 16.9 Å². The van der Waals surface area contributed by atoms with Gasteiger partial charge in [-0.1, -0.05) is 25.8 Å². The predicted molar refractivity (Wildman–Crippen MR) is 76.7 cm³/mol. The molecule has 1 amide bonds. The van der Waals surface area contributed by atoms with Gasteiger partial charge in [-0.3, -0.25) is 14.9 Å². The molecule has 1 aliphatic carbocycles. The fraction of sp³-hybridized carbons (Fsp3) is 0.533. The Bertz CT molecular complexity index is 528. The van der Waals surface area contributed by atoms with Crippen molar-refractivity contribution in [2.24, 2.45) is 5.92 Å². The summed E-state index contributed by atoms with van der Waals surface area (Å²) in [7, 11) is 0. The van der Waals surface area contributed by atoms with E-state index < -0.39 is 4.92 Å². The highest BCUT2D eigenvalue weighted by molar-refractivity contribution is 5.96. The first-order chi connectivity index (χ1) is 9.50. The van der Waals surface area contributed by atoms with Gasteiger partial charge in [0.15, 0.2) is 0 Å². The SMILES string of the molecule is Cc1c(C(=O)N[C@@H]2CCCC[C@@H]2C)cccc1[N+](=O)[O-]. The van der Waals surface area contributed by atoms with Crippen LogP contribution in [0.1, 0.15) is 48.5 Å². The molecule has 0 spiro atoms. The summed E-state index contributed by atoms with van der Waals surface area (Å²) in [5.74, 6) is 0.261. The topological polar surface area (TPSA) is 72.2 Å². The zero-order valence-corrected chi connectivity index (χ0v) is 11.9. The highest BCUT2D eigenvalue weighted by Crippen LogP contribution is 2.25. The van der Waals surface area contributed by atoms with Crippen molar-refractivity contribution in [1.29, 1.82) is 0 Å². The van der Waals surface area contributed by atoms with Crippen molar-refractivity contribution >= 4 is 11.6 Å². The molecule has 1 aromatic carbocycles. The number of nitro groups is 1. The number of nitrogens with one attached hydrogen (secondary N) is 1. The summed E-state index contributed by atoms with van der Waals surface area (Å²) in [5.41, 5.74) is 0.824. The molecule has 0 aromatic heterocycles. The van der Waals surface area contributed by atoms with E-state index in [4.69, 9.17) is 0 Å². The second-order valence-corrected chi connectivity index (χ2v) is 5.55. The number of carbonyl (C=O) groups is 1. The molecule has 1 aliphatic rings. The van der Waals surface area contributed by atoms with E-state index in [0.717, 1.165) is 19.3 Å². The minimum absolute atomic E-state index is 0.00524. The largest absolute Gasteiger partial charge is 0.349 e. The third-order valence-electron chi connectivity index (χ3n) is 4.17. The van der Waals surface area contributed by atoms with Crippen LogP contribution < -0.4 is 5.32 Å². The molecular formula is C15H20N2O3. The average Bonchev–Trinajstić information content (AvgIpc) is 2.41. The summed E-state index contributed by atoms with van der Waals surface area (Å²) in [5, 5.41) is 13.9. The van der Waals surface area contributed by atoms with Gasteiger partial charge in [-0.05, 0) is 31.7 Å². The molecule has 108 valence electrons. The summed E-state index contributed by atoms with van der Waals surface area (Å²) in [6.07, 6.45) is 4.45. The fourth-order valence-corrected chi connectivity index (χ4v) is 2.84. The molecule has 1 fully saturated rings. The minimum Gasteiger partial charge on any atom is -0.349 e. The Morgan fingerprint density at radius 2 is 2.05 bits per heavy atom. The van der Waals surface area contributed by atoms with E-state index in [0.29, 0.717) is 17.0 Å². The quantitative estimate of drug-likeness (QED) is 0.680. The lowest BCUT2D eigenvalue weighted by Crippen LogP contribution is -2.41. The molecule has 1 saturated carbocycles. The van der Waals surface area contributed by atoms with E-state index in [2.05, 4.69) is 12.2 Å². The lowest BCUT2D eigenvalue weighted by atomic mass is 9.85. The molecule has 5 heteroatoms. The van der Waals surface area contributed by atoms with Gasteiger partial charge in [0.1, 0.15) is 0 Å². The Morgan fingerprint density at radius 3 is 2.70 bits per heavy atom. The number of carbonyl (C=O) groups excluding carboxylic acids is 1. The molecule has 1 aromatic rings.